The highest BCUT2D eigenvalue weighted by molar-refractivity contribution is 6.33. The van der Waals surface area contributed by atoms with Gasteiger partial charge in [0.15, 0.2) is 23.3 Å². The van der Waals surface area contributed by atoms with Gasteiger partial charge in [-0.15, -0.1) is 0 Å². The van der Waals surface area contributed by atoms with Crippen LogP contribution in [0.25, 0.3) is 0 Å². The van der Waals surface area contributed by atoms with Gasteiger partial charge in [-0.2, -0.15) is 13.2 Å². The Morgan fingerprint density at radius 2 is 1.57 bits per heavy atom. The van der Waals surface area contributed by atoms with Crippen molar-refractivity contribution < 1.29 is 22.0 Å². The van der Waals surface area contributed by atoms with Gasteiger partial charge in [0.1, 0.15) is 12.0 Å². The van der Waals surface area contributed by atoms with Gasteiger partial charge in [0.05, 0.1) is 16.3 Å². The Balaban J connectivity index is 1.90. The highest BCUT2D eigenvalue weighted by Gasteiger charge is 2.31. The molecule has 1 heterocycles. The zero-order chi connectivity index (χ0) is 20.5. The summed E-state index contributed by atoms with van der Waals surface area (Å²) in [5.74, 6) is -2.10. The summed E-state index contributed by atoms with van der Waals surface area (Å²) in [5.41, 5.74) is 5.05. The number of nitrogens with zero attached hydrogens (tertiary/aromatic N) is 2. The molecular weight excluding hydrogens is 405 g/mol. The van der Waals surface area contributed by atoms with Gasteiger partial charge in [0, 0.05) is 11.8 Å². The maximum Gasteiger partial charge on any atom is 0.416 e. The van der Waals surface area contributed by atoms with Crippen molar-refractivity contribution in [2.45, 2.75) is 6.18 Å². The molecule has 0 aliphatic carbocycles. The second kappa shape index (κ2) is 7.47. The number of nitrogens with two attached hydrogens (primary N) is 1. The summed E-state index contributed by atoms with van der Waals surface area (Å²) in [6, 6.07) is 5.81. The third-order valence-electron chi connectivity index (χ3n) is 3.61. The fourth-order valence-electron chi connectivity index (χ4n) is 2.23. The van der Waals surface area contributed by atoms with Crippen LogP contribution in [0.5, 0.6) is 0 Å². The Hall–Kier alpha value is -3.14. The molecule has 0 radical (unpaired) electrons. The van der Waals surface area contributed by atoms with E-state index < -0.39 is 23.4 Å². The Morgan fingerprint density at radius 1 is 0.893 bits per heavy atom. The highest BCUT2D eigenvalue weighted by Crippen LogP contribution is 2.36. The van der Waals surface area contributed by atoms with Crippen LogP contribution in [0.2, 0.25) is 5.02 Å². The molecule has 0 aliphatic rings. The molecule has 11 heteroatoms. The molecule has 3 aromatic rings. The quantitative estimate of drug-likeness (QED) is 0.491. The molecule has 5 nitrogen and oxygen atoms in total. The van der Waals surface area contributed by atoms with Gasteiger partial charge in [0.2, 0.25) is 0 Å². The molecule has 0 aliphatic heterocycles. The first kappa shape index (κ1) is 19.6. The molecule has 0 spiro atoms. The van der Waals surface area contributed by atoms with Gasteiger partial charge >= 0.3 is 6.18 Å². The van der Waals surface area contributed by atoms with Crippen LogP contribution in [0.15, 0.2) is 42.7 Å². The van der Waals surface area contributed by atoms with Crippen LogP contribution < -0.4 is 16.4 Å². The predicted octanol–water partition coefficient (Wildman–Crippen LogP) is 5.50. The van der Waals surface area contributed by atoms with Crippen molar-refractivity contribution in [2.24, 2.45) is 0 Å². The van der Waals surface area contributed by atoms with Crippen LogP contribution in [0.3, 0.4) is 0 Å². The number of rotatable bonds is 4. The van der Waals surface area contributed by atoms with E-state index in [9.17, 15) is 22.0 Å². The van der Waals surface area contributed by atoms with Crippen molar-refractivity contribution >= 4 is 40.3 Å². The molecule has 28 heavy (non-hydrogen) atoms. The lowest BCUT2D eigenvalue weighted by molar-refractivity contribution is -0.137. The normalized spacial score (nSPS) is 11.4. The average molecular weight is 416 g/mol. The van der Waals surface area contributed by atoms with Crippen molar-refractivity contribution in [3.8, 4) is 0 Å². The Morgan fingerprint density at radius 3 is 2.21 bits per heavy atom. The van der Waals surface area contributed by atoms with E-state index in [0.29, 0.717) is 0 Å². The second-order valence-corrected chi connectivity index (χ2v) is 5.96. The molecule has 0 atom stereocenters. The summed E-state index contributed by atoms with van der Waals surface area (Å²) in [6.07, 6.45) is -3.47. The Labute approximate surface area is 160 Å². The number of aromatic nitrogens is 2. The van der Waals surface area contributed by atoms with E-state index in [1.807, 2.05) is 0 Å². The van der Waals surface area contributed by atoms with Crippen LogP contribution in [-0.4, -0.2) is 9.97 Å². The van der Waals surface area contributed by atoms with Crippen molar-refractivity contribution in [1.29, 1.82) is 0 Å². The van der Waals surface area contributed by atoms with Crippen molar-refractivity contribution in [1.82, 2.24) is 9.97 Å². The SMILES string of the molecule is Nc1c(Nc2ccc(F)c(F)c2)ncnc1Nc1cc(C(F)(F)F)ccc1Cl. The fraction of sp³-hybridized carbons (Fsp3) is 0.0588. The van der Waals surface area contributed by atoms with E-state index in [0.717, 1.165) is 36.7 Å². The topological polar surface area (TPSA) is 75.9 Å². The lowest BCUT2D eigenvalue weighted by Gasteiger charge is -2.15. The maximum atomic E-state index is 13.3. The van der Waals surface area contributed by atoms with Crippen LogP contribution >= 0.6 is 11.6 Å². The number of halogens is 6. The molecule has 0 amide bonds. The fourth-order valence-corrected chi connectivity index (χ4v) is 2.40. The summed E-state index contributed by atoms with van der Waals surface area (Å²) in [6.45, 7) is 0. The zero-order valence-corrected chi connectivity index (χ0v) is 14.5. The van der Waals surface area contributed by atoms with E-state index in [1.54, 1.807) is 0 Å². The van der Waals surface area contributed by atoms with E-state index in [1.165, 1.54) is 6.07 Å². The first-order valence-corrected chi connectivity index (χ1v) is 7.99. The standard InChI is InChI=1S/C17H11ClF5N5/c18-10-3-1-8(17(21,22)23)5-13(10)28-16-14(24)15(25-7-26-16)27-9-2-4-11(19)12(20)6-9/h1-7H,24H2,(H2,25,26,27,28). The predicted molar refractivity (Wildman–Crippen MR) is 95.8 cm³/mol. The highest BCUT2D eigenvalue weighted by atomic mass is 35.5. The Kier molecular flexibility index (Phi) is 5.23. The van der Waals surface area contributed by atoms with E-state index in [-0.39, 0.29) is 33.7 Å². The van der Waals surface area contributed by atoms with Crippen LogP contribution in [0, 0.1) is 11.6 Å². The van der Waals surface area contributed by atoms with Crippen LogP contribution in [0.4, 0.5) is 50.6 Å². The molecule has 3 rings (SSSR count). The van der Waals surface area contributed by atoms with Gasteiger partial charge in [-0.25, -0.2) is 18.7 Å². The van der Waals surface area contributed by atoms with Crippen molar-refractivity contribution in [3.63, 3.8) is 0 Å². The lowest BCUT2D eigenvalue weighted by Crippen LogP contribution is -2.08. The third kappa shape index (κ3) is 4.22. The number of nitrogen functional groups attached to an aromatic ring is 1. The van der Waals surface area contributed by atoms with Crippen LogP contribution in [-0.2, 0) is 6.18 Å². The molecule has 146 valence electrons. The van der Waals surface area contributed by atoms with Gasteiger partial charge in [-0.3, -0.25) is 0 Å². The molecule has 2 aromatic carbocycles. The van der Waals surface area contributed by atoms with Crippen molar-refractivity contribution in [3.05, 3.63) is 64.9 Å². The minimum Gasteiger partial charge on any atom is -0.393 e. The van der Waals surface area contributed by atoms with E-state index in [4.69, 9.17) is 17.3 Å². The largest absolute Gasteiger partial charge is 0.416 e. The first-order valence-electron chi connectivity index (χ1n) is 7.61. The monoisotopic (exact) mass is 415 g/mol. The second-order valence-electron chi connectivity index (χ2n) is 5.56. The average Bonchev–Trinajstić information content (AvgIpc) is 2.62. The third-order valence-corrected chi connectivity index (χ3v) is 3.94. The summed E-state index contributed by atoms with van der Waals surface area (Å²) < 4.78 is 65.0. The van der Waals surface area contributed by atoms with Crippen LogP contribution in [0.1, 0.15) is 5.56 Å². The van der Waals surface area contributed by atoms with Gasteiger partial charge in [-0.05, 0) is 30.3 Å². The van der Waals surface area contributed by atoms with Gasteiger partial charge in [0.25, 0.3) is 0 Å². The first-order chi connectivity index (χ1) is 13.1. The summed E-state index contributed by atoms with van der Waals surface area (Å²) >= 11 is 5.94. The molecule has 0 fully saturated rings. The number of hydrogen-bond donors (Lipinski definition) is 3. The summed E-state index contributed by atoms with van der Waals surface area (Å²) in [5, 5.41) is 5.31. The minimum atomic E-state index is -4.56. The smallest absolute Gasteiger partial charge is 0.393 e. The number of hydrogen-bond acceptors (Lipinski definition) is 5. The molecule has 0 saturated heterocycles. The molecular formula is C17H11ClF5N5. The number of benzene rings is 2. The molecule has 0 saturated carbocycles. The summed E-state index contributed by atoms with van der Waals surface area (Å²) in [7, 11) is 0. The zero-order valence-electron chi connectivity index (χ0n) is 13.8. The number of alkyl halides is 3. The minimum absolute atomic E-state index is 0.0149. The van der Waals surface area contributed by atoms with Gasteiger partial charge < -0.3 is 16.4 Å². The van der Waals surface area contributed by atoms with Gasteiger partial charge in [-0.1, -0.05) is 11.6 Å². The molecule has 0 bridgehead atoms. The molecule has 0 unspecified atom stereocenters. The Bertz CT molecular complexity index is 1030. The maximum absolute atomic E-state index is 13.3. The molecule has 4 N–H and O–H groups in total. The lowest BCUT2D eigenvalue weighted by atomic mass is 10.2. The van der Waals surface area contributed by atoms with E-state index in [2.05, 4.69) is 20.6 Å². The summed E-state index contributed by atoms with van der Waals surface area (Å²) in [4.78, 5) is 7.77. The number of anilines is 5. The van der Waals surface area contributed by atoms with E-state index >= 15 is 0 Å². The number of nitrogens with one attached hydrogen (secondary N) is 2. The van der Waals surface area contributed by atoms with Crippen molar-refractivity contribution in [2.75, 3.05) is 16.4 Å². The molecule has 1 aromatic heterocycles.